The molecular weight excluding hydrogens is 538 g/mol. The molecule has 1 atom stereocenters. The second-order valence-corrected chi connectivity index (χ2v) is 12.1. The van der Waals surface area contributed by atoms with Crippen molar-refractivity contribution < 1.29 is 23.9 Å². The summed E-state index contributed by atoms with van der Waals surface area (Å²) in [5.74, 6) is 2.05. The van der Waals surface area contributed by atoms with Crippen molar-refractivity contribution in [3.05, 3.63) is 35.4 Å². The molecule has 1 aromatic rings. The van der Waals surface area contributed by atoms with Gasteiger partial charge in [-0.3, -0.25) is 14.5 Å². The number of rotatable bonds is 25. The zero-order valence-electron chi connectivity index (χ0n) is 26.9. The number of carbonyl (C=O) groups excluding carboxylic acids is 3. The molecule has 0 saturated heterocycles. The maximum Gasteiger partial charge on any atom is 0.413 e. The van der Waals surface area contributed by atoms with Crippen LogP contribution in [-0.2, 0) is 25.5 Å². The van der Waals surface area contributed by atoms with Crippen LogP contribution in [0, 0.1) is 12.3 Å². The van der Waals surface area contributed by atoms with Crippen LogP contribution in [0.4, 0.5) is 4.79 Å². The third-order valence-corrected chi connectivity index (χ3v) is 8.54. The number of carbonyl (C=O) groups is 3. The molecule has 0 N–H and O–H groups in total. The lowest BCUT2D eigenvalue weighted by Gasteiger charge is -2.27. The quantitative estimate of drug-likeness (QED) is 0.0487. The Hall–Kier alpha value is -2.81. The summed E-state index contributed by atoms with van der Waals surface area (Å²) >= 11 is 0. The van der Waals surface area contributed by atoms with Gasteiger partial charge in [0.2, 0.25) is 6.79 Å². The van der Waals surface area contributed by atoms with E-state index >= 15 is 0 Å². The first-order valence-electron chi connectivity index (χ1n) is 17.2. The lowest BCUT2D eigenvalue weighted by molar-refractivity contribution is -0.153. The van der Waals surface area contributed by atoms with Crippen LogP contribution in [0.25, 0.3) is 0 Å². The minimum absolute atomic E-state index is 0.000583. The molecule has 6 heteroatoms. The largest absolute Gasteiger partial charge is 0.428 e. The van der Waals surface area contributed by atoms with Gasteiger partial charge in [0.15, 0.2) is 0 Å². The highest BCUT2D eigenvalue weighted by molar-refractivity contribution is 5.82. The summed E-state index contributed by atoms with van der Waals surface area (Å²) in [7, 11) is 0. The zero-order valence-corrected chi connectivity index (χ0v) is 26.9. The highest BCUT2D eigenvalue weighted by Gasteiger charge is 2.31. The SMILES string of the molecule is C#CCN(C(=O)OCOC(=O)CCC(=O)CCCCCCCCCCCCCCCCCCC)[C@@H]1CCc2ccccc21. The molecule has 0 aromatic heterocycles. The molecule has 0 fully saturated rings. The lowest BCUT2D eigenvalue weighted by atomic mass is 10.0. The van der Waals surface area contributed by atoms with Gasteiger partial charge in [-0.05, 0) is 30.4 Å². The smallest absolute Gasteiger partial charge is 0.413 e. The number of nitrogens with zero attached hydrogens (tertiary/aromatic N) is 1. The van der Waals surface area contributed by atoms with E-state index in [9.17, 15) is 14.4 Å². The second-order valence-electron chi connectivity index (χ2n) is 12.1. The monoisotopic (exact) mass is 595 g/mol. The van der Waals surface area contributed by atoms with Gasteiger partial charge in [0, 0.05) is 12.8 Å². The van der Waals surface area contributed by atoms with Crippen molar-refractivity contribution >= 4 is 17.8 Å². The van der Waals surface area contributed by atoms with Crippen LogP contribution in [0.1, 0.15) is 159 Å². The fraction of sp³-hybridized carbons (Fsp3) is 0.703. The molecule has 1 aromatic carbocycles. The Labute approximate surface area is 261 Å². The Bertz CT molecular complexity index is 968. The lowest BCUT2D eigenvalue weighted by Crippen LogP contribution is -2.35. The summed E-state index contributed by atoms with van der Waals surface area (Å²) in [5.41, 5.74) is 2.28. The van der Waals surface area contributed by atoms with Crippen molar-refractivity contribution in [1.82, 2.24) is 4.90 Å². The zero-order chi connectivity index (χ0) is 31.0. The molecule has 1 amide bonds. The van der Waals surface area contributed by atoms with Crippen molar-refractivity contribution in [3.63, 3.8) is 0 Å². The van der Waals surface area contributed by atoms with Gasteiger partial charge in [-0.25, -0.2) is 4.79 Å². The van der Waals surface area contributed by atoms with Crippen LogP contribution in [0.2, 0.25) is 0 Å². The average Bonchev–Trinajstić information content (AvgIpc) is 3.44. The van der Waals surface area contributed by atoms with Crippen molar-refractivity contribution in [3.8, 4) is 12.3 Å². The van der Waals surface area contributed by atoms with Crippen LogP contribution in [0.15, 0.2) is 24.3 Å². The molecule has 1 aliphatic rings. The van der Waals surface area contributed by atoms with Crippen LogP contribution in [0.3, 0.4) is 0 Å². The molecule has 2 rings (SSSR count). The van der Waals surface area contributed by atoms with Crippen molar-refractivity contribution in [2.24, 2.45) is 0 Å². The fourth-order valence-electron chi connectivity index (χ4n) is 5.97. The number of amides is 1. The van der Waals surface area contributed by atoms with Gasteiger partial charge in [-0.1, -0.05) is 140 Å². The number of fused-ring (bicyclic) bond motifs is 1. The molecule has 43 heavy (non-hydrogen) atoms. The third kappa shape index (κ3) is 16.0. The molecule has 1 aliphatic carbocycles. The standard InChI is InChI=1S/C37H57NO5/c1-3-5-6-7-8-9-10-11-12-13-14-15-16-17-18-19-20-24-33(39)27-29-36(40)42-31-43-37(41)38(30-4-2)35-28-26-32-23-21-22-25-34(32)35/h2,21-23,25,35H,3,5-20,24,26-31H2,1H3/t35-/m1/s1. The van der Waals surface area contributed by atoms with Gasteiger partial charge in [0.05, 0.1) is 19.0 Å². The summed E-state index contributed by atoms with van der Waals surface area (Å²) < 4.78 is 10.2. The Kier molecular flexibility index (Phi) is 20.0. The first kappa shape index (κ1) is 36.4. The maximum absolute atomic E-state index is 12.7. The number of unbranched alkanes of at least 4 members (excludes halogenated alkanes) is 16. The van der Waals surface area contributed by atoms with Crippen molar-refractivity contribution in [1.29, 1.82) is 0 Å². The van der Waals surface area contributed by atoms with E-state index in [4.69, 9.17) is 15.9 Å². The molecule has 0 aliphatic heterocycles. The molecule has 0 bridgehead atoms. The first-order valence-corrected chi connectivity index (χ1v) is 17.2. The molecule has 0 spiro atoms. The van der Waals surface area contributed by atoms with Crippen LogP contribution in [0.5, 0.6) is 0 Å². The number of Topliss-reactive ketones (excluding diaryl/α,β-unsaturated/α-hetero) is 1. The Balaban J connectivity index is 1.41. The van der Waals surface area contributed by atoms with Crippen LogP contribution >= 0.6 is 0 Å². The summed E-state index contributed by atoms with van der Waals surface area (Å²) in [4.78, 5) is 38.4. The first-order chi connectivity index (χ1) is 21.1. The average molecular weight is 596 g/mol. The Morgan fingerprint density at radius 3 is 1.91 bits per heavy atom. The van der Waals surface area contributed by atoms with E-state index in [0.29, 0.717) is 6.42 Å². The Morgan fingerprint density at radius 2 is 1.33 bits per heavy atom. The van der Waals surface area contributed by atoms with Crippen LogP contribution in [-0.4, -0.2) is 36.1 Å². The van der Waals surface area contributed by atoms with E-state index in [-0.39, 0.29) is 31.2 Å². The third-order valence-electron chi connectivity index (χ3n) is 8.54. The van der Waals surface area contributed by atoms with Gasteiger partial charge >= 0.3 is 12.1 Å². The number of hydrogen-bond donors (Lipinski definition) is 0. The van der Waals surface area contributed by atoms with E-state index in [2.05, 4.69) is 18.9 Å². The van der Waals surface area contributed by atoms with Gasteiger partial charge in [-0.2, -0.15) is 0 Å². The topological polar surface area (TPSA) is 72.9 Å². The van der Waals surface area contributed by atoms with Crippen molar-refractivity contribution in [2.45, 2.75) is 154 Å². The fourth-order valence-corrected chi connectivity index (χ4v) is 5.97. The summed E-state index contributed by atoms with van der Waals surface area (Å²) in [6.45, 7) is 1.90. The molecular formula is C37H57NO5. The summed E-state index contributed by atoms with van der Waals surface area (Å²) in [6, 6.07) is 7.83. The summed E-state index contributed by atoms with van der Waals surface area (Å²) in [5, 5.41) is 0. The minimum atomic E-state index is -0.609. The predicted molar refractivity (Wildman–Crippen MR) is 174 cm³/mol. The Morgan fingerprint density at radius 1 is 0.767 bits per heavy atom. The summed E-state index contributed by atoms with van der Waals surface area (Å²) in [6.07, 6.45) is 29.4. The molecule has 0 radical (unpaired) electrons. The number of esters is 1. The highest BCUT2D eigenvalue weighted by atomic mass is 16.7. The van der Waals surface area contributed by atoms with Gasteiger partial charge < -0.3 is 9.47 Å². The second kappa shape index (κ2) is 23.6. The number of aryl methyl sites for hydroxylation is 1. The number of ether oxygens (including phenoxy) is 2. The maximum atomic E-state index is 12.7. The molecule has 6 nitrogen and oxygen atoms in total. The van der Waals surface area contributed by atoms with E-state index in [1.165, 1.54) is 107 Å². The van der Waals surface area contributed by atoms with E-state index in [1.54, 1.807) is 0 Å². The molecule has 0 heterocycles. The van der Waals surface area contributed by atoms with Crippen LogP contribution < -0.4 is 0 Å². The van der Waals surface area contributed by atoms with Gasteiger partial charge in [-0.15, -0.1) is 6.42 Å². The normalized spacial score (nSPS) is 13.7. The van der Waals surface area contributed by atoms with Gasteiger partial charge in [0.1, 0.15) is 5.78 Å². The molecule has 240 valence electrons. The number of terminal acetylenes is 1. The minimum Gasteiger partial charge on any atom is -0.428 e. The van der Waals surface area contributed by atoms with Gasteiger partial charge in [0.25, 0.3) is 0 Å². The predicted octanol–water partition coefficient (Wildman–Crippen LogP) is 9.64. The number of ketones is 1. The molecule has 0 unspecified atom stereocenters. The van der Waals surface area contributed by atoms with E-state index in [0.717, 1.165) is 31.2 Å². The highest BCUT2D eigenvalue weighted by Crippen LogP contribution is 2.35. The molecule has 0 saturated carbocycles. The van der Waals surface area contributed by atoms with Crippen molar-refractivity contribution in [2.75, 3.05) is 13.3 Å². The number of benzene rings is 1. The number of hydrogen-bond acceptors (Lipinski definition) is 5. The van der Waals surface area contributed by atoms with E-state index in [1.807, 2.05) is 18.2 Å². The van der Waals surface area contributed by atoms with E-state index < -0.39 is 18.9 Å².